The van der Waals surface area contributed by atoms with Gasteiger partial charge in [-0.3, -0.25) is 24.5 Å². The second-order valence-electron chi connectivity index (χ2n) is 8.62. The number of amides is 4. The van der Waals surface area contributed by atoms with Crippen LogP contribution in [-0.2, 0) is 33.3 Å². The van der Waals surface area contributed by atoms with Gasteiger partial charge in [0.05, 0.1) is 52.4 Å². The first-order valence-corrected chi connectivity index (χ1v) is 12.1. The summed E-state index contributed by atoms with van der Waals surface area (Å²) in [6, 6.07) is 4.26. The van der Waals surface area contributed by atoms with Crippen molar-refractivity contribution in [3.8, 4) is 0 Å². The number of benzene rings is 1. The molecule has 0 aliphatic carbocycles. The molecular formula is C24H32N4O8. The molecule has 3 N–H and O–H groups in total. The Labute approximate surface area is 208 Å². The van der Waals surface area contributed by atoms with Crippen molar-refractivity contribution in [2.75, 3.05) is 64.4 Å². The summed E-state index contributed by atoms with van der Waals surface area (Å²) in [7, 11) is 0. The van der Waals surface area contributed by atoms with Crippen LogP contribution in [0.15, 0.2) is 18.2 Å². The first-order chi connectivity index (χ1) is 17.5. The highest BCUT2D eigenvalue weighted by atomic mass is 16.6. The fourth-order valence-electron chi connectivity index (χ4n) is 4.84. The Hall–Kier alpha value is -2.90. The molecule has 3 heterocycles. The van der Waals surface area contributed by atoms with Gasteiger partial charge in [0, 0.05) is 29.8 Å². The molecular weight excluding hydrogens is 472 g/mol. The minimum atomic E-state index is -0.698. The third kappa shape index (κ3) is 5.73. The molecule has 0 saturated carbocycles. The lowest BCUT2D eigenvalue weighted by molar-refractivity contribution is -0.137. The number of rotatable bonds is 13. The number of anilines is 1. The van der Waals surface area contributed by atoms with Gasteiger partial charge in [-0.15, -0.1) is 0 Å². The number of carbonyl (C=O) groups is 4. The zero-order valence-electron chi connectivity index (χ0n) is 20.1. The second-order valence-corrected chi connectivity index (χ2v) is 8.62. The van der Waals surface area contributed by atoms with Crippen molar-refractivity contribution in [3.63, 3.8) is 0 Å². The number of nitrogens with two attached hydrogens (primary N) is 1. The molecule has 4 amide bonds. The van der Waals surface area contributed by atoms with E-state index in [0.29, 0.717) is 63.7 Å². The number of ether oxygens (including phenoxy) is 4. The van der Waals surface area contributed by atoms with E-state index in [1.165, 1.54) is 0 Å². The largest absolute Gasteiger partial charge is 0.377 e. The van der Waals surface area contributed by atoms with Crippen LogP contribution in [0.5, 0.6) is 0 Å². The molecule has 0 radical (unpaired) electrons. The van der Waals surface area contributed by atoms with E-state index < -0.39 is 11.9 Å². The Morgan fingerprint density at radius 3 is 2.33 bits per heavy atom. The number of hydrogen-bond donors (Lipinski definition) is 2. The van der Waals surface area contributed by atoms with Gasteiger partial charge in [0.2, 0.25) is 11.8 Å². The molecule has 4 rings (SSSR count). The van der Waals surface area contributed by atoms with Crippen molar-refractivity contribution >= 4 is 29.3 Å². The first-order valence-electron chi connectivity index (χ1n) is 12.1. The molecule has 12 heteroatoms. The summed E-state index contributed by atoms with van der Waals surface area (Å²) >= 11 is 0. The van der Waals surface area contributed by atoms with Crippen LogP contribution in [0, 0.1) is 0 Å². The van der Waals surface area contributed by atoms with Crippen LogP contribution in [0.1, 0.15) is 41.2 Å². The Morgan fingerprint density at radius 2 is 1.64 bits per heavy atom. The van der Waals surface area contributed by atoms with Gasteiger partial charge in [-0.1, -0.05) is 6.07 Å². The lowest BCUT2D eigenvalue weighted by Gasteiger charge is -2.39. The lowest BCUT2D eigenvalue weighted by atomic mass is 9.94. The van der Waals surface area contributed by atoms with E-state index in [4.69, 9.17) is 24.7 Å². The molecule has 0 bridgehead atoms. The van der Waals surface area contributed by atoms with Gasteiger partial charge in [0.25, 0.3) is 11.8 Å². The van der Waals surface area contributed by atoms with Crippen LogP contribution in [0.3, 0.4) is 0 Å². The number of nitrogens with zero attached hydrogens (tertiary/aromatic N) is 2. The highest BCUT2D eigenvalue weighted by Crippen LogP contribution is 2.46. The molecule has 2 unspecified atom stereocenters. The summed E-state index contributed by atoms with van der Waals surface area (Å²) in [4.78, 5) is 53.4. The van der Waals surface area contributed by atoms with E-state index in [1.807, 2.05) is 6.07 Å². The fourth-order valence-corrected chi connectivity index (χ4v) is 4.84. The molecule has 36 heavy (non-hydrogen) atoms. The molecule has 1 fully saturated rings. The number of piperidine rings is 1. The van der Waals surface area contributed by atoms with Gasteiger partial charge in [0.1, 0.15) is 12.6 Å². The van der Waals surface area contributed by atoms with Gasteiger partial charge in [-0.25, -0.2) is 0 Å². The lowest BCUT2D eigenvalue weighted by Crippen LogP contribution is -2.54. The monoisotopic (exact) mass is 504 g/mol. The number of imide groups is 1. The SMILES string of the molecule is NCOCCOCCOCCOCC(=O)N1CCC2c3c(cccc31)C(=O)N2C1CCC(=O)NC1=O. The summed E-state index contributed by atoms with van der Waals surface area (Å²) in [6.45, 7) is 2.74. The third-order valence-electron chi connectivity index (χ3n) is 6.44. The maximum atomic E-state index is 13.2. The minimum Gasteiger partial charge on any atom is -0.377 e. The summed E-state index contributed by atoms with van der Waals surface area (Å²) < 4.78 is 21.2. The quantitative estimate of drug-likeness (QED) is 0.210. The standard InChI is InChI=1S/C24H32N4O8/c25-15-36-13-11-34-9-8-33-10-12-35-14-21(30)27-7-6-18-22-16(2-1-3-17(22)27)24(32)28(18)19-4-5-20(29)26-23(19)31/h1-3,18-19H,4-15,25H2,(H,26,29,31). The topological polar surface area (TPSA) is 150 Å². The van der Waals surface area contributed by atoms with E-state index in [2.05, 4.69) is 5.32 Å². The molecule has 12 nitrogen and oxygen atoms in total. The summed E-state index contributed by atoms with van der Waals surface area (Å²) in [5, 5.41) is 2.33. The van der Waals surface area contributed by atoms with Gasteiger partial charge in [-0.2, -0.15) is 0 Å². The fraction of sp³-hybridized carbons (Fsp3) is 0.583. The smallest absolute Gasteiger partial charge is 0.255 e. The Balaban J connectivity index is 1.28. The summed E-state index contributed by atoms with van der Waals surface area (Å²) in [6.07, 6.45) is 0.987. The molecule has 1 aromatic rings. The number of hydrogen-bond acceptors (Lipinski definition) is 9. The van der Waals surface area contributed by atoms with Crippen molar-refractivity contribution in [2.24, 2.45) is 5.73 Å². The highest BCUT2D eigenvalue weighted by molar-refractivity contribution is 6.08. The van der Waals surface area contributed by atoms with Gasteiger partial charge in [-0.05, 0) is 25.0 Å². The second kappa shape index (κ2) is 12.4. The number of nitrogens with one attached hydrogen (secondary N) is 1. The Kier molecular flexibility index (Phi) is 8.99. The predicted octanol–water partition coefficient (Wildman–Crippen LogP) is -0.292. The van der Waals surface area contributed by atoms with Crippen LogP contribution in [-0.4, -0.2) is 94.1 Å². The van der Waals surface area contributed by atoms with Crippen molar-refractivity contribution < 1.29 is 38.1 Å². The molecule has 3 aliphatic rings. The zero-order chi connectivity index (χ0) is 25.5. The highest BCUT2D eigenvalue weighted by Gasteiger charge is 2.48. The zero-order valence-corrected chi connectivity index (χ0v) is 20.1. The van der Waals surface area contributed by atoms with E-state index in [0.717, 1.165) is 5.56 Å². The van der Waals surface area contributed by atoms with E-state index in [-0.39, 0.29) is 50.1 Å². The maximum absolute atomic E-state index is 13.2. The van der Waals surface area contributed by atoms with E-state index >= 15 is 0 Å². The number of carbonyl (C=O) groups excluding carboxylic acids is 4. The van der Waals surface area contributed by atoms with Crippen LogP contribution >= 0.6 is 0 Å². The van der Waals surface area contributed by atoms with Crippen molar-refractivity contribution in [2.45, 2.75) is 31.3 Å². The normalized spacial score (nSPS) is 21.1. The minimum absolute atomic E-state index is 0.116. The van der Waals surface area contributed by atoms with Crippen LogP contribution in [0.4, 0.5) is 5.69 Å². The maximum Gasteiger partial charge on any atom is 0.255 e. The van der Waals surface area contributed by atoms with Gasteiger partial charge in [0.15, 0.2) is 0 Å². The first kappa shape index (κ1) is 26.2. The molecule has 1 saturated heterocycles. The molecule has 196 valence electrons. The Morgan fingerprint density at radius 1 is 0.944 bits per heavy atom. The van der Waals surface area contributed by atoms with Crippen LogP contribution in [0.25, 0.3) is 0 Å². The molecule has 3 aliphatic heterocycles. The van der Waals surface area contributed by atoms with Gasteiger partial charge < -0.3 is 34.5 Å². The van der Waals surface area contributed by atoms with Crippen LogP contribution in [0.2, 0.25) is 0 Å². The molecule has 1 aromatic carbocycles. The summed E-state index contributed by atoms with van der Waals surface area (Å²) in [5.41, 5.74) is 7.12. The van der Waals surface area contributed by atoms with E-state index in [9.17, 15) is 19.2 Å². The van der Waals surface area contributed by atoms with Crippen molar-refractivity contribution in [1.29, 1.82) is 0 Å². The predicted molar refractivity (Wildman–Crippen MR) is 126 cm³/mol. The molecule has 0 spiro atoms. The van der Waals surface area contributed by atoms with Crippen molar-refractivity contribution in [1.82, 2.24) is 10.2 Å². The van der Waals surface area contributed by atoms with E-state index in [1.54, 1.807) is 21.9 Å². The average molecular weight is 505 g/mol. The van der Waals surface area contributed by atoms with Gasteiger partial charge >= 0.3 is 0 Å². The third-order valence-corrected chi connectivity index (χ3v) is 6.44. The molecule has 2 atom stereocenters. The Bertz CT molecular complexity index is 987. The summed E-state index contributed by atoms with van der Waals surface area (Å²) in [5.74, 6) is -1.23. The molecule has 0 aromatic heterocycles. The van der Waals surface area contributed by atoms with Crippen LogP contribution < -0.4 is 16.0 Å². The average Bonchev–Trinajstić information content (AvgIpc) is 3.15. The van der Waals surface area contributed by atoms with Crippen molar-refractivity contribution in [3.05, 3.63) is 29.3 Å².